The number of nitrogens with one attached hydrogen (secondary N) is 1. The molecule has 6 heteroatoms. The first kappa shape index (κ1) is 15.0. The fourth-order valence-electron chi connectivity index (χ4n) is 1.53. The number of aromatic nitrogens is 2. The molecule has 0 bridgehead atoms. The summed E-state index contributed by atoms with van der Waals surface area (Å²) in [5.41, 5.74) is 1.50. The number of aliphatic hydroxyl groups excluding tert-OH is 1. The predicted molar refractivity (Wildman–Crippen MR) is 80.0 cm³/mol. The Kier molecular flexibility index (Phi) is 5.27. The standard InChI is InChI=1S/C15H12ClN3O2/c16-13-5-4-11(3-1-2-6-20)7-14(13)19-15(21)12-8-17-10-18-9-12/h4-5,7-10,20H,2,6H2,(H,19,21). The van der Waals surface area contributed by atoms with Gasteiger partial charge in [-0.15, -0.1) is 0 Å². The lowest BCUT2D eigenvalue weighted by Gasteiger charge is -2.07. The minimum Gasteiger partial charge on any atom is -0.395 e. The Hall–Kier alpha value is -2.42. The van der Waals surface area contributed by atoms with E-state index < -0.39 is 0 Å². The van der Waals surface area contributed by atoms with Crippen LogP contribution in [0.3, 0.4) is 0 Å². The zero-order valence-corrected chi connectivity index (χ0v) is 11.8. The molecule has 21 heavy (non-hydrogen) atoms. The SMILES string of the molecule is O=C(Nc1cc(C#CCCO)ccc1Cl)c1cncnc1. The van der Waals surface area contributed by atoms with Gasteiger partial charge in [-0.2, -0.15) is 0 Å². The van der Waals surface area contributed by atoms with Gasteiger partial charge in [0.25, 0.3) is 5.91 Å². The number of hydrogen-bond acceptors (Lipinski definition) is 4. The van der Waals surface area contributed by atoms with E-state index in [9.17, 15) is 4.79 Å². The summed E-state index contributed by atoms with van der Waals surface area (Å²) in [5.74, 6) is 5.34. The third-order valence-electron chi connectivity index (χ3n) is 2.51. The monoisotopic (exact) mass is 301 g/mol. The second kappa shape index (κ2) is 7.39. The van der Waals surface area contributed by atoms with Crippen molar-refractivity contribution in [3.8, 4) is 11.8 Å². The van der Waals surface area contributed by atoms with Gasteiger partial charge in [-0.05, 0) is 18.2 Å². The Labute approximate surface area is 127 Å². The molecule has 1 heterocycles. The molecule has 0 aliphatic heterocycles. The maximum atomic E-state index is 12.0. The van der Waals surface area contributed by atoms with Gasteiger partial charge in [0, 0.05) is 24.4 Å². The summed E-state index contributed by atoms with van der Waals surface area (Å²) in [6.07, 6.45) is 4.58. The Bertz CT molecular complexity index is 693. The van der Waals surface area contributed by atoms with E-state index >= 15 is 0 Å². The second-order valence-electron chi connectivity index (χ2n) is 4.05. The van der Waals surface area contributed by atoms with Crippen molar-refractivity contribution in [3.05, 3.63) is 53.1 Å². The van der Waals surface area contributed by atoms with Crippen LogP contribution in [0.4, 0.5) is 5.69 Å². The lowest BCUT2D eigenvalue weighted by Crippen LogP contribution is -2.12. The topological polar surface area (TPSA) is 75.1 Å². The molecule has 2 N–H and O–H groups in total. The van der Waals surface area contributed by atoms with Crippen LogP contribution in [0.5, 0.6) is 0 Å². The molecule has 1 aromatic carbocycles. The molecule has 0 radical (unpaired) electrons. The summed E-state index contributed by atoms with van der Waals surface area (Å²) in [6.45, 7) is 0.0121. The van der Waals surface area contributed by atoms with Gasteiger partial charge in [-0.25, -0.2) is 9.97 Å². The Balaban J connectivity index is 2.18. The number of carbonyl (C=O) groups excluding carboxylic acids is 1. The minimum absolute atomic E-state index is 0.0121. The summed E-state index contributed by atoms with van der Waals surface area (Å²) in [5, 5.41) is 11.8. The summed E-state index contributed by atoms with van der Waals surface area (Å²) >= 11 is 6.05. The fourth-order valence-corrected chi connectivity index (χ4v) is 1.69. The van der Waals surface area contributed by atoms with E-state index in [-0.39, 0.29) is 12.5 Å². The van der Waals surface area contributed by atoms with Crippen LogP contribution in [-0.4, -0.2) is 27.6 Å². The minimum atomic E-state index is -0.349. The third kappa shape index (κ3) is 4.28. The van der Waals surface area contributed by atoms with E-state index in [0.29, 0.717) is 28.3 Å². The zero-order chi connectivity index (χ0) is 15.1. The summed E-state index contributed by atoms with van der Waals surface area (Å²) < 4.78 is 0. The lowest BCUT2D eigenvalue weighted by molar-refractivity contribution is 0.102. The molecule has 0 unspecified atom stereocenters. The molecule has 1 amide bonds. The number of halogens is 1. The molecule has 0 saturated carbocycles. The number of nitrogens with zero attached hydrogens (tertiary/aromatic N) is 2. The van der Waals surface area contributed by atoms with Crippen molar-refractivity contribution < 1.29 is 9.90 Å². The largest absolute Gasteiger partial charge is 0.395 e. The van der Waals surface area contributed by atoms with Crippen LogP contribution in [0.1, 0.15) is 22.3 Å². The first-order valence-corrected chi connectivity index (χ1v) is 6.54. The van der Waals surface area contributed by atoms with Crippen LogP contribution in [0.15, 0.2) is 36.9 Å². The molecule has 106 valence electrons. The third-order valence-corrected chi connectivity index (χ3v) is 2.84. The Morgan fingerprint density at radius 1 is 1.33 bits per heavy atom. The first-order chi connectivity index (χ1) is 10.2. The molecule has 0 aliphatic rings. The number of amides is 1. The van der Waals surface area contributed by atoms with E-state index in [2.05, 4.69) is 27.1 Å². The van der Waals surface area contributed by atoms with Crippen LogP contribution >= 0.6 is 11.6 Å². The number of anilines is 1. The normalized spacial score (nSPS) is 9.62. The number of carbonyl (C=O) groups is 1. The van der Waals surface area contributed by atoms with Crippen molar-refractivity contribution in [2.75, 3.05) is 11.9 Å². The molecular formula is C15H12ClN3O2. The van der Waals surface area contributed by atoms with Gasteiger partial charge in [-0.1, -0.05) is 23.4 Å². The van der Waals surface area contributed by atoms with E-state index in [4.69, 9.17) is 16.7 Å². The highest BCUT2D eigenvalue weighted by Gasteiger charge is 2.09. The van der Waals surface area contributed by atoms with Crippen LogP contribution in [0, 0.1) is 11.8 Å². The lowest BCUT2D eigenvalue weighted by atomic mass is 10.2. The number of hydrogen-bond donors (Lipinski definition) is 2. The molecular weight excluding hydrogens is 290 g/mol. The molecule has 0 spiro atoms. The molecule has 0 atom stereocenters. The molecule has 0 saturated heterocycles. The zero-order valence-electron chi connectivity index (χ0n) is 11.0. The van der Waals surface area contributed by atoms with Gasteiger partial charge in [-0.3, -0.25) is 4.79 Å². The van der Waals surface area contributed by atoms with Crippen molar-refractivity contribution in [1.82, 2.24) is 9.97 Å². The van der Waals surface area contributed by atoms with E-state index in [0.717, 1.165) is 0 Å². The van der Waals surface area contributed by atoms with E-state index in [1.807, 2.05) is 0 Å². The number of benzene rings is 1. The molecule has 0 aliphatic carbocycles. The summed E-state index contributed by atoms with van der Waals surface area (Å²) in [7, 11) is 0. The highest BCUT2D eigenvalue weighted by atomic mass is 35.5. The van der Waals surface area contributed by atoms with Gasteiger partial charge in [0.2, 0.25) is 0 Å². The predicted octanol–water partition coefficient (Wildman–Crippen LogP) is 2.12. The number of rotatable bonds is 3. The highest BCUT2D eigenvalue weighted by molar-refractivity contribution is 6.34. The smallest absolute Gasteiger partial charge is 0.258 e. The van der Waals surface area contributed by atoms with Gasteiger partial charge >= 0.3 is 0 Å². The van der Waals surface area contributed by atoms with Crippen molar-refractivity contribution >= 4 is 23.2 Å². The second-order valence-corrected chi connectivity index (χ2v) is 4.46. The van der Waals surface area contributed by atoms with Crippen LogP contribution in [0.2, 0.25) is 5.02 Å². The van der Waals surface area contributed by atoms with Crippen LogP contribution in [0.25, 0.3) is 0 Å². The van der Waals surface area contributed by atoms with Gasteiger partial charge in [0.05, 0.1) is 22.9 Å². The maximum Gasteiger partial charge on any atom is 0.258 e. The van der Waals surface area contributed by atoms with E-state index in [1.165, 1.54) is 18.7 Å². The van der Waals surface area contributed by atoms with Crippen molar-refractivity contribution in [1.29, 1.82) is 0 Å². The fraction of sp³-hybridized carbons (Fsp3) is 0.133. The Morgan fingerprint density at radius 2 is 2.10 bits per heavy atom. The average molecular weight is 302 g/mol. The van der Waals surface area contributed by atoms with Gasteiger partial charge < -0.3 is 10.4 Å². The van der Waals surface area contributed by atoms with Gasteiger partial charge in [0.1, 0.15) is 6.33 Å². The van der Waals surface area contributed by atoms with Crippen molar-refractivity contribution in [2.45, 2.75) is 6.42 Å². The van der Waals surface area contributed by atoms with Crippen LogP contribution in [-0.2, 0) is 0 Å². The van der Waals surface area contributed by atoms with Gasteiger partial charge in [0.15, 0.2) is 0 Å². The number of aliphatic hydroxyl groups is 1. The molecule has 5 nitrogen and oxygen atoms in total. The summed E-state index contributed by atoms with van der Waals surface area (Å²) in [6, 6.07) is 5.07. The Morgan fingerprint density at radius 3 is 2.81 bits per heavy atom. The summed E-state index contributed by atoms with van der Waals surface area (Å²) in [4.78, 5) is 19.6. The molecule has 0 fully saturated rings. The van der Waals surface area contributed by atoms with Crippen molar-refractivity contribution in [3.63, 3.8) is 0 Å². The quantitative estimate of drug-likeness (QED) is 0.852. The molecule has 2 aromatic rings. The van der Waals surface area contributed by atoms with Crippen LogP contribution < -0.4 is 5.32 Å². The average Bonchev–Trinajstić information content (AvgIpc) is 2.51. The molecule has 1 aromatic heterocycles. The highest BCUT2D eigenvalue weighted by Crippen LogP contribution is 2.23. The maximum absolute atomic E-state index is 12.0. The van der Waals surface area contributed by atoms with Crippen molar-refractivity contribution in [2.24, 2.45) is 0 Å². The first-order valence-electron chi connectivity index (χ1n) is 6.16. The van der Waals surface area contributed by atoms with E-state index in [1.54, 1.807) is 18.2 Å². The molecule has 2 rings (SSSR count).